The molecule has 0 amide bonds. The van der Waals surface area contributed by atoms with Gasteiger partial charge in [0, 0.05) is 6.54 Å². The van der Waals surface area contributed by atoms with Gasteiger partial charge < -0.3 is 5.11 Å². The molecule has 0 aromatic rings. The molecular weight excluding hydrogens is 194 g/mol. The van der Waals surface area contributed by atoms with Crippen LogP contribution in [0.5, 0.6) is 0 Å². The Morgan fingerprint density at radius 2 is 1.75 bits per heavy atom. The van der Waals surface area contributed by atoms with Gasteiger partial charge in [-0.3, -0.25) is 0 Å². The van der Waals surface area contributed by atoms with Crippen LogP contribution < -0.4 is 4.72 Å². The number of nitrogens with one attached hydrogen (secondary N) is 1. The van der Waals surface area contributed by atoms with E-state index in [0.29, 0.717) is 0 Å². The monoisotopic (exact) mass is 201 g/mol. The average molecular weight is 201 g/mol. The van der Waals surface area contributed by atoms with Crippen LogP contribution in [0.1, 0.15) is 0 Å². The van der Waals surface area contributed by atoms with Crippen LogP contribution in [-0.2, 0) is 10.0 Å². The second kappa shape index (κ2) is 5.09. The minimum absolute atomic E-state index is 0. The number of sulfonamides is 1. The van der Waals surface area contributed by atoms with E-state index >= 15 is 0 Å². The third kappa shape index (κ3) is 4.32. The zero-order chi connectivity index (χ0) is 9.12. The maximum atomic E-state index is 11.4. The van der Waals surface area contributed by atoms with Gasteiger partial charge in [0.2, 0.25) is 0 Å². The Labute approximate surface area is 79.4 Å². The third-order valence-electron chi connectivity index (χ3n) is 0.709. The molecular formula is C3H7F3LiNO3S. The van der Waals surface area contributed by atoms with Gasteiger partial charge in [-0.25, -0.2) is 13.1 Å². The Bertz CT molecular complexity index is 213. The Morgan fingerprint density at radius 3 is 2.00 bits per heavy atom. The Kier molecular flexibility index (Phi) is 6.26. The van der Waals surface area contributed by atoms with E-state index in [1.165, 1.54) is 0 Å². The van der Waals surface area contributed by atoms with Gasteiger partial charge in [0.25, 0.3) is 0 Å². The maximum absolute atomic E-state index is 11.4. The summed E-state index contributed by atoms with van der Waals surface area (Å²) in [5.41, 5.74) is -5.30. The van der Waals surface area contributed by atoms with Crippen molar-refractivity contribution in [1.82, 2.24) is 4.72 Å². The van der Waals surface area contributed by atoms with E-state index in [4.69, 9.17) is 5.11 Å². The molecule has 0 bridgehead atoms. The number of aliphatic hydroxyl groups excluding tert-OH is 1. The molecule has 0 atom stereocenters. The summed E-state index contributed by atoms with van der Waals surface area (Å²) in [7, 11) is -5.27. The SMILES string of the molecule is O=S(=O)(NCCO)C(F)(F)F.[LiH]. The molecule has 9 heteroatoms. The zero-order valence-corrected chi connectivity index (χ0v) is 6.04. The fourth-order valence-corrected chi connectivity index (χ4v) is 0.786. The van der Waals surface area contributed by atoms with Crippen LogP contribution in [0.2, 0.25) is 0 Å². The van der Waals surface area contributed by atoms with Crippen LogP contribution in [-0.4, -0.2) is 51.0 Å². The molecule has 0 saturated heterocycles. The van der Waals surface area contributed by atoms with Crippen LogP contribution in [0.25, 0.3) is 0 Å². The van der Waals surface area contributed by atoms with E-state index in [0.717, 1.165) is 4.72 Å². The van der Waals surface area contributed by atoms with Crippen molar-refractivity contribution in [3.63, 3.8) is 0 Å². The summed E-state index contributed by atoms with van der Waals surface area (Å²) >= 11 is 0. The second-order valence-corrected chi connectivity index (χ2v) is 3.33. The molecule has 12 heavy (non-hydrogen) atoms. The number of alkyl halides is 3. The predicted molar refractivity (Wildman–Crippen MR) is 37.2 cm³/mol. The van der Waals surface area contributed by atoms with Gasteiger partial charge in [-0.1, -0.05) is 0 Å². The molecule has 0 aliphatic heterocycles. The van der Waals surface area contributed by atoms with Gasteiger partial charge >= 0.3 is 34.4 Å². The van der Waals surface area contributed by atoms with Crippen molar-refractivity contribution in [3.05, 3.63) is 0 Å². The topological polar surface area (TPSA) is 66.4 Å². The molecule has 0 aliphatic carbocycles. The van der Waals surface area contributed by atoms with Gasteiger partial charge in [0.1, 0.15) is 0 Å². The summed E-state index contributed by atoms with van der Waals surface area (Å²) in [5.74, 6) is 0. The number of hydrogen-bond acceptors (Lipinski definition) is 3. The molecule has 0 aliphatic rings. The summed E-state index contributed by atoms with van der Waals surface area (Å²) in [6.45, 7) is -1.31. The average Bonchev–Trinajstić information content (AvgIpc) is 1.81. The number of rotatable bonds is 3. The molecule has 0 spiro atoms. The summed E-state index contributed by atoms with van der Waals surface area (Å²) < 4.78 is 55.5. The Morgan fingerprint density at radius 1 is 1.33 bits per heavy atom. The fourth-order valence-electron chi connectivity index (χ4n) is 0.262. The van der Waals surface area contributed by atoms with Gasteiger partial charge in [0.15, 0.2) is 0 Å². The molecule has 0 rings (SSSR count). The minimum atomic E-state index is -5.30. The standard InChI is InChI=1S/C3H6F3NO3S.Li.H/c4-3(5,6)11(9,10)7-1-2-8;;/h7-8H,1-2H2;;. The van der Waals surface area contributed by atoms with Crippen molar-refractivity contribution in [2.45, 2.75) is 5.51 Å². The molecule has 0 heterocycles. The quantitative estimate of drug-likeness (QED) is 0.562. The van der Waals surface area contributed by atoms with Gasteiger partial charge in [-0.2, -0.15) is 13.2 Å². The number of aliphatic hydroxyl groups is 1. The summed E-state index contributed by atoms with van der Waals surface area (Å²) in [4.78, 5) is 0. The van der Waals surface area contributed by atoms with E-state index in [9.17, 15) is 21.6 Å². The molecule has 0 aromatic carbocycles. The van der Waals surface area contributed by atoms with Crippen molar-refractivity contribution in [2.24, 2.45) is 0 Å². The van der Waals surface area contributed by atoms with E-state index in [-0.39, 0.29) is 18.9 Å². The van der Waals surface area contributed by atoms with E-state index in [2.05, 4.69) is 0 Å². The predicted octanol–water partition coefficient (Wildman–Crippen LogP) is -1.23. The van der Waals surface area contributed by atoms with Crippen LogP contribution in [0.4, 0.5) is 13.2 Å². The van der Waals surface area contributed by atoms with Crippen molar-refractivity contribution < 1.29 is 26.7 Å². The van der Waals surface area contributed by atoms with Gasteiger partial charge in [-0.15, -0.1) is 0 Å². The van der Waals surface area contributed by atoms with Gasteiger partial charge in [0.05, 0.1) is 6.61 Å². The van der Waals surface area contributed by atoms with Crippen molar-refractivity contribution in [2.75, 3.05) is 13.2 Å². The van der Waals surface area contributed by atoms with Crippen LogP contribution in [0.15, 0.2) is 0 Å². The van der Waals surface area contributed by atoms with Crippen molar-refractivity contribution in [3.8, 4) is 0 Å². The molecule has 70 valence electrons. The number of halogens is 3. The molecule has 0 fully saturated rings. The molecule has 4 nitrogen and oxygen atoms in total. The summed E-state index contributed by atoms with van der Waals surface area (Å²) in [5, 5.41) is 8.00. The second-order valence-electron chi connectivity index (χ2n) is 1.57. The summed E-state index contributed by atoms with van der Waals surface area (Å²) in [6.07, 6.45) is 0. The van der Waals surface area contributed by atoms with E-state index in [1.54, 1.807) is 0 Å². The number of hydrogen-bond donors (Lipinski definition) is 2. The first-order valence-electron chi connectivity index (χ1n) is 2.48. The molecule has 0 radical (unpaired) electrons. The first kappa shape index (κ1) is 14.8. The molecule has 0 saturated carbocycles. The van der Waals surface area contributed by atoms with Crippen molar-refractivity contribution in [1.29, 1.82) is 0 Å². The summed E-state index contributed by atoms with van der Waals surface area (Å²) in [6, 6.07) is 0. The fraction of sp³-hybridized carbons (Fsp3) is 1.00. The molecule has 0 unspecified atom stereocenters. The van der Waals surface area contributed by atoms with Crippen LogP contribution >= 0.6 is 0 Å². The first-order chi connectivity index (χ1) is 4.81. The normalized spacial score (nSPS) is 12.3. The third-order valence-corrected chi connectivity index (χ3v) is 1.90. The molecule has 2 N–H and O–H groups in total. The van der Waals surface area contributed by atoms with E-state index in [1.807, 2.05) is 0 Å². The van der Waals surface area contributed by atoms with Crippen LogP contribution in [0, 0.1) is 0 Å². The van der Waals surface area contributed by atoms with E-state index < -0.39 is 28.7 Å². The van der Waals surface area contributed by atoms with Crippen molar-refractivity contribution >= 4 is 28.9 Å². The van der Waals surface area contributed by atoms with Gasteiger partial charge in [-0.05, 0) is 0 Å². The zero-order valence-electron chi connectivity index (χ0n) is 5.22. The Hall–Kier alpha value is 0.257. The first-order valence-corrected chi connectivity index (χ1v) is 3.96. The van der Waals surface area contributed by atoms with Crippen LogP contribution in [0.3, 0.4) is 0 Å². The molecule has 0 aromatic heterocycles. The Balaban J connectivity index is 0.